The third-order valence-electron chi connectivity index (χ3n) is 2.96. The Balaban J connectivity index is 2.26. The molecular weight excluding hydrogens is 235 g/mol. The number of nitrogens with one attached hydrogen (secondary N) is 1. The molecule has 0 aromatic carbocycles. The van der Waals surface area contributed by atoms with E-state index in [0.717, 1.165) is 13.0 Å². The second-order valence-electron chi connectivity index (χ2n) is 6.17. The number of alkyl halides is 1. The van der Waals surface area contributed by atoms with Crippen molar-refractivity contribution in [3.05, 3.63) is 0 Å². The van der Waals surface area contributed by atoms with E-state index >= 15 is 0 Å². The van der Waals surface area contributed by atoms with E-state index < -0.39 is 17.4 Å². The van der Waals surface area contributed by atoms with Crippen molar-refractivity contribution in [1.29, 1.82) is 0 Å². The first-order valence-corrected chi connectivity index (χ1v) is 6.55. The molecule has 1 amide bonds. The average molecular weight is 260 g/mol. The van der Waals surface area contributed by atoms with Gasteiger partial charge in [-0.25, -0.2) is 9.18 Å². The zero-order valence-corrected chi connectivity index (χ0v) is 11.9. The van der Waals surface area contributed by atoms with E-state index in [1.54, 1.807) is 20.8 Å². The molecule has 0 spiro atoms. The number of halogens is 1. The van der Waals surface area contributed by atoms with Crippen molar-refractivity contribution < 1.29 is 13.9 Å². The standard InChI is InChI=1S/C13H25FN2O2/c1-12(2,3)18-11(17)15-8-7-13(14)6-5-9-16(4)10-13/h5-10H2,1-4H3,(H,15,17). The SMILES string of the molecule is CN1CCCC(F)(CCNC(=O)OC(C)(C)C)C1. The van der Waals surface area contributed by atoms with Crippen molar-refractivity contribution in [2.24, 2.45) is 0 Å². The molecule has 1 saturated heterocycles. The number of hydrogen-bond acceptors (Lipinski definition) is 3. The number of hydrogen-bond donors (Lipinski definition) is 1. The first-order valence-electron chi connectivity index (χ1n) is 6.55. The van der Waals surface area contributed by atoms with Gasteiger partial charge >= 0.3 is 6.09 Å². The summed E-state index contributed by atoms with van der Waals surface area (Å²) in [4.78, 5) is 13.4. The van der Waals surface area contributed by atoms with Crippen molar-refractivity contribution >= 4 is 6.09 Å². The van der Waals surface area contributed by atoms with Crippen LogP contribution < -0.4 is 5.32 Å². The van der Waals surface area contributed by atoms with Gasteiger partial charge in [-0.2, -0.15) is 0 Å². The van der Waals surface area contributed by atoms with E-state index in [1.807, 2.05) is 11.9 Å². The van der Waals surface area contributed by atoms with Crippen molar-refractivity contribution in [2.45, 2.75) is 51.3 Å². The van der Waals surface area contributed by atoms with Gasteiger partial charge in [0.2, 0.25) is 0 Å². The molecule has 1 unspecified atom stereocenters. The third-order valence-corrected chi connectivity index (χ3v) is 2.96. The lowest BCUT2D eigenvalue weighted by Crippen LogP contribution is -2.45. The Morgan fingerprint density at radius 2 is 2.17 bits per heavy atom. The van der Waals surface area contributed by atoms with Crippen LogP contribution in [0, 0.1) is 0 Å². The van der Waals surface area contributed by atoms with Crippen molar-refractivity contribution in [1.82, 2.24) is 10.2 Å². The average Bonchev–Trinajstić information content (AvgIpc) is 2.13. The molecule has 0 bridgehead atoms. The summed E-state index contributed by atoms with van der Waals surface area (Å²) in [6.07, 6.45) is 1.32. The number of alkyl carbamates (subject to hydrolysis) is 1. The normalized spacial score (nSPS) is 25.8. The van der Waals surface area contributed by atoms with Crippen molar-refractivity contribution in [3.8, 4) is 0 Å². The minimum Gasteiger partial charge on any atom is -0.444 e. The highest BCUT2D eigenvalue weighted by Crippen LogP contribution is 2.27. The molecule has 1 N–H and O–H groups in total. The largest absolute Gasteiger partial charge is 0.444 e. The summed E-state index contributed by atoms with van der Waals surface area (Å²) in [6.45, 7) is 7.13. The van der Waals surface area contributed by atoms with Gasteiger partial charge in [-0.15, -0.1) is 0 Å². The van der Waals surface area contributed by atoms with Gasteiger partial charge in [0.15, 0.2) is 0 Å². The summed E-state index contributed by atoms with van der Waals surface area (Å²) >= 11 is 0. The zero-order chi connectivity index (χ0) is 13.8. The van der Waals surface area contributed by atoms with Crippen molar-refractivity contribution in [2.75, 3.05) is 26.7 Å². The van der Waals surface area contributed by atoms with E-state index in [2.05, 4.69) is 5.32 Å². The summed E-state index contributed by atoms with van der Waals surface area (Å²) in [7, 11) is 1.93. The molecule has 0 aromatic rings. The number of nitrogens with zero attached hydrogens (tertiary/aromatic N) is 1. The molecule has 106 valence electrons. The number of ether oxygens (including phenoxy) is 1. The number of amides is 1. The Labute approximate surface area is 109 Å². The fourth-order valence-corrected chi connectivity index (χ4v) is 2.21. The molecule has 0 radical (unpaired) electrons. The van der Waals surface area contributed by atoms with Gasteiger partial charge in [0.1, 0.15) is 11.3 Å². The molecular formula is C13H25FN2O2. The second kappa shape index (κ2) is 5.87. The van der Waals surface area contributed by atoms with Crippen LogP contribution in [0.5, 0.6) is 0 Å². The molecule has 1 aliphatic heterocycles. The second-order valence-corrected chi connectivity index (χ2v) is 6.17. The molecule has 1 atom stereocenters. The Morgan fingerprint density at radius 3 is 2.72 bits per heavy atom. The summed E-state index contributed by atoms with van der Waals surface area (Å²) < 4.78 is 19.5. The first-order chi connectivity index (χ1) is 8.20. The van der Waals surface area contributed by atoms with Gasteiger partial charge in [-0.3, -0.25) is 0 Å². The maximum Gasteiger partial charge on any atom is 0.407 e. The van der Waals surface area contributed by atoms with Crippen LogP contribution in [0.3, 0.4) is 0 Å². The quantitative estimate of drug-likeness (QED) is 0.847. The van der Waals surface area contributed by atoms with Gasteiger partial charge in [-0.05, 0) is 47.2 Å². The highest BCUT2D eigenvalue weighted by molar-refractivity contribution is 5.67. The lowest BCUT2D eigenvalue weighted by molar-refractivity contribution is 0.0416. The van der Waals surface area contributed by atoms with Gasteiger partial charge in [0.25, 0.3) is 0 Å². The van der Waals surface area contributed by atoms with Crippen LogP contribution in [0.4, 0.5) is 9.18 Å². The Bertz CT molecular complexity index is 291. The lowest BCUT2D eigenvalue weighted by Gasteiger charge is -2.35. The van der Waals surface area contributed by atoms with Gasteiger partial charge in [0.05, 0.1) is 0 Å². The van der Waals surface area contributed by atoms with E-state index in [1.165, 1.54) is 0 Å². The summed E-state index contributed by atoms with van der Waals surface area (Å²) in [5, 5.41) is 2.61. The number of carbonyl (C=O) groups excluding carboxylic acids is 1. The van der Waals surface area contributed by atoms with Crippen LogP contribution in [0.1, 0.15) is 40.0 Å². The molecule has 1 heterocycles. The van der Waals surface area contributed by atoms with Crippen LogP contribution >= 0.6 is 0 Å². The smallest absolute Gasteiger partial charge is 0.407 e. The van der Waals surface area contributed by atoms with Crippen LogP contribution in [-0.2, 0) is 4.74 Å². The van der Waals surface area contributed by atoms with Gasteiger partial charge < -0.3 is 15.0 Å². The maximum atomic E-state index is 14.4. The Hall–Kier alpha value is -0.840. The Kier molecular flexibility index (Phi) is 4.96. The summed E-state index contributed by atoms with van der Waals surface area (Å²) in [5.41, 5.74) is -1.69. The minimum atomic E-state index is -1.18. The molecule has 0 aromatic heterocycles. The minimum absolute atomic E-state index is 0.319. The zero-order valence-electron chi connectivity index (χ0n) is 11.9. The molecule has 18 heavy (non-hydrogen) atoms. The van der Waals surface area contributed by atoms with Crippen molar-refractivity contribution in [3.63, 3.8) is 0 Å². The predicted octanol–water partition coefficient (Wildman–Crippen LogP) is 2.34. The van der Waals surface area contributed by atoms with E-state index in [4.69, 9.17) is 4.74 Å². The van der Waals surface area contributed by atoms with Crippen LogP contribution in [0.2, 0.25) is 0 Å². The summed E-state index contributed by atoms with van der Waals surface area (Å²) in [6, 6.07) is 0. The highest BCUT2D eigenvalue weighted by Gasteiger charge is 2.33. The van der Waals surface area contributed by atoms with Gasteiger partial charge in [-0.1, -0.05) is 0 Å². The molecule has 1 aliphatic rings. The topological polar surface area (TPSA) is 41.6 Å². The highest BCUT2D eigenvalue weighted by atomic mass is 19.1. The first kappa shape index (κ1) is 15.2. The Morgan fingerprint density at radius 1 is 1.50 bits per heavy atom. The number of piperidine rings is 1. The van der Waals surface area contributed by atoms with Crippen LogP contribution in [0.25, 0.3) is 0 Å². The molecule has 1 fully saturated rings. The number of carbonyl (C=O) groups is 1. The predicted molar refractivity (Wildman–Crippen MR) is 69.4 cm³/mol. The fourth-order valence-electron chi connectivity index (χ4n) is 2.21. The lowest BCUT2D eigenvalue weighted by atomic mass is 9.92. The molecule has 5 heteroatoms. The van der Waals surface area contributed by atoms with E-state index in [0.29, 0.717) is 25.9 Å². The molecule has 0 saturated carbocycles. The molecule has 0 aliphatic carbocycles. The van der Waals surface area contributed by atoms with Crippen LogP contribution in [-0.4, -0.2) is 48.9 Å². The van der Waals surface area contributed by atoms with E-state index in [9.17, 15) is 9.18 Å². The maximum absolute atomic E-state index is 14.4. The molecule has 4 nitrogen and oxygen atoms in total. The monoisotopic (exact) mass is 260 g/mol. The number of likely N-dealkylation sites (tertiary alicyclic amines) is 1. The fraction of sp³-hybridized carbons (Fsp3) is 0.923. The number of rotatable bonds is 3. The molecule has 1 rings (SSSR count). The van der Waals surface area contributed by atoms with Crippen LogP contribution in [0.15, 0.2) is 0 Å². The van der Waals surface area contributed by atoms with Gasteiger partial charge in [0, 0.05) is 19.5 Å². The summed E-state index contributed by atoms with van der Waals surface area (Å²) in [5.74, 6) is 0. The third kappa shape index (κ3) is 5.67. The van der Waals surface area contributed by atoms with E-state index in [-0.39, 0.29) is 0 Å².